The second-order valence-electron chi connectivity index (χ2n) is 5.37. The van der Waals surface area contributed by atoms with Crippen LogP contribution in [0.25, 0.3) is 22.4 Å². The Labute approximate surface area is 132 Å². The molecule has 2 aromatic heterocycles. The van der Waals surface area contributed by atoms with Crippen LogP contribution in [0, 0.1) is 6.92 Å². The lowest BCUT2D eigenvalue weighted by atomic mass is 10.3. The smallest absolute Gasteiger partial charge is 0.223 e. The molecule has 0 unspecified atom stereocenters. The summed E-state index contributed by atoms with van der Waals surface area (Å²) in [5.41, 5.74) is 2.91. The Morgan fingerprint density at radius 2 is 1.57 bits per heavy atom. The van der Waals surface area contributed by atoms with Crippen LogP contribution in [0.5, 0.6) is 11.8 Å². The lowest BCUT2D eigenvalue weighted by molar-refractivity contribution is 0.402. The highest BCUT2D eigenvalue weighted by Gasteiger charge is 2.20. The fraction of sp³-hybridized carbons (Fsp3) is 0.0556. The number of rotatable bonds is 2. The lowest BCUT2D eigenvalue weighted by Crippen LogP contribution is -1.97. The van der Waals surface area contributed by atoms with Gasteiger partial charge in [0.2, 0.25) is 11.8 Å². The minimum atomic E-state index is -0.0278. The molecular weight excluding hydrogens is 290 g/mol. The van der Waals surface area contributed by atoms with Gasteiger partial charge >= 0.3 is 0 Å². The first-order valence-electron chi connectivity index (χ1n) is 7.30. The monoisotopic (exact) mass is 305 g/mol. The number of fused-ring (bicyclic) bond motifs is 1. The van der Waals surface area contributed by atoms with Crippen molar-refractivity contribution in [3.05, 3.63) is 66.5 Å². The number of aryl methyl sites for hydroxylation is 1. The zero-order chi connectivity index (χ0) is 16.0. The fourth-order valence-corrected chi connectivity index (χ4v) is 2.92. The zero-order valence-electron chi connectivity index (χ0n) is 12.5. The van der Waals surface area contributed by atoms with Gasteiger partial charge in [0, 0.05) is 6.07 Å². The van der Waals surface area contributed by atoms with Crippen LogP contribution in [-0.4, -0.2) is 24.3 Å². The van der Waals surface area contributed by atoms with Gasteiger partial charge in [0.25, 0.3) is 0 Å². The molecule has 5 nitrogen and oxygen atoms in total. The summed E-state index contributed by atoms with van der Waals surface area (Å²) >= 11 is 0. The number of aromatic nitrogens is 3. The maximum Gasteiger partial charge on any atom is 0.223 e. The number of benzene rings is 2. The first-order valence-corrected chi connectivity index (χ1v) is 7.30. The van der Waals surface area contributed by atoms with Crippen molar-refractivity contribution >= 4 is 11.0 Å². The molecule has 2 heterocycles. The van der Waals surface area contributed by atoms with Crippen LogP contribution < -0.4 is 0 Å². The third kappa shape index (κ3) is 1.97. The molecule has 4 aromatic rings. The minimum absolute atomic E-state index is 0.0270. The first kappa shape index (κ1) is 13.5. The third-order valence-electron chi connectivity index (χ3n) is 3.92. The fourth-order valence-electron chi connectivity index (χ4n) is 2.92. The Morgan fingerprint density at radius 3 is 2.35 bits per heavy atom. The number of hydrogen-bond acceptors (Lipinski definition) is 3. The molecule has 0 aliphatic carbocycles. The lowest BCUT2D eigenvalue weighted by Gasteiger charge is -2.08. The summed E-state index contributed by atoms with van der Waals surface area (Å²) in [4.78, 5) is 4.50. The molecule has 0 saturated carbocycles. The van der Waals surface area contributed by atoms with Gasteiger partial charge in [0.05, 0.1) is 16.7 Å². The third-order valence-corrected chi connectivity index (χ3v) is 3.92. The van der Waals surface area contributed by atoms with Crippen molar-refractivity contribution in [2.45, 2.75) is 6.92 Å². The van der Waals surface area contributed by atoms with E-state index in [9.17, 15) is 10.2 Å². The molecule has 0 bridgehead atoms. The SMILES string of the molecule is Cc1nc2ccccc2n1-c1cc(O)n(-c2ccccc2)c1O. The van der Waals surface area contributed by atoms with Gasteiger partial charge in [0.1, 0.15) is 11.5 Å². The van der Waals surface area contributed by atoms with E-state index >= 15 is 0 Å². The highest BCUT2D eigenvalue weighted by Crippen LogP contribution is 2.36. The molecular formula is C18H15N3O2. The number of hydrogen-bond donors (Lipinski definition) is 2. The van der Waals surface area contributed by atoms with Crippen molar-refractivity contribution in [1.29, 1.82) is 0 Å². The molecule has 0 fully saturated rings. The van der Waals surface area contributed by atoms with Crippen molar-refractivity contribution in [2.75, 3.05) is 0 Å². The molecule has 0 amide bonds. The summed E-state index contributed by atoms with van der Waals surface area (Å²) in [7, 11) is 0. The Morgan fingerprint density at radius 1 is 0.870 bits per heavy atom. The molecule has 0 aliphatic heterocycles. The number of imidazole rings is 1. The van der Waals surface area contributed by atoms with Crippen LogP contribution in [0.2, 0.25) is 0 Å². The minimum Gasteiger partial charge on any atom is -0.494 e. The van der Waals surface area contributed by atoms with Crippen molar-refractivity contribution in [1.82, 2.24) is 14.1 Å². The van der Waals surface area contributed by atoms with Crippen LogP contribution in [0.15, 0.2) is 60.7 Å². The van der Waals surface area contributed by atoms with Gasteiger partial charge in [-0.05, 0) is 31.2 Å². The van der Waals surface area contributed by atoms with Crippen LogP contribution in [0.1, 0.15) is 5.82 Å². The zero-order valence-corrected chi connectivity index (χ0v) is 12.5. The van der Waals surface area contributed by atoms with E-state index in [2.05, 4.69) is 4.98 Å². The van der Waals surface area contributed by atoms with Crippen molar-refractivity contribution < 1.29 is 10.2 Å². The van der Waals surface area contributed by atoms with E-state index in [0.717, 1.165) is 16.9 Å². The standard InChI is InChI=1S/C18H15N3O2/c1-12-19-14-9-5-6-10-15(14)20(12)16-11-17(22)21(18(16)23)13-7-3-2-4-8-13/h2-11,22-23H,1H3. The van der Waals surface area contributed by atoms with Crippen molar-refractivity contribution in [2.24, 2.45) is 0 Å². The molecule has 23 heavy (non-hydrogen) atoms. The van der Waals surface area contributed by atoms with E-state index < -0.39 is 0 Å². The Hall–Kier alpha value is -3.21. The van der Waals surface area contributed by atoms with E-state index in [1.54, 1.807) is 6.07 Å². The summed E-state index contributed by atoms with van der Waals surface area (Å²) in [6.45, 7) is 1.87. The van der Waals surface area contributed by atoms with Gasteiger partial charge in [0.15, 0.2) is 0 Å². The van der Waals surface area contributed by atoms with E-state index in [1.807, 2.05) is 66.1 Å². The molecule has 2 aromatic carbocycles. The second kappa shape index (κ2) is 4.91. The molecule has 114 valence electrons. The first-order chi connectivity index (χ1) is 11.2. The molecule has 2 N–H and O–H groups in total. The number of nitrogens with zero attached hydrogens (tertiary/aromatic N) is 3. The number of para-hydroxylation sites is 3. The Balaban J connectivity index is 1.99. The maximum absolute atomic E-state index is 10.7. The summed E-state index contributed by atoms with van der Waals surface area (Å²) in [6, 6.07) is 18.5. The van der Waals surface area contributed by atoms with Gasteiger partial charge in [-0.3, -0.25) is 4.57 Å². The van der Waals surface area contributed by atoms with Crippen molar-refractivity contribution in [3.8, 4) is 23.1 Å². The Kier molecular flexibility index (Phi) is 2.87. The summed E-state index contributed by atoms with van der Waals surface area (Å²) in [5, 5.41) is 21.0. The Bertz CT molecular complexity index is 1000. The highest BCUT2D eigenvalue weighted by molar-refractivity contribution is 5.79. The van der Waals surface area contributed by atoms with Gasteiger partial charge in [-0.25, -0.2) is 9.55 Å². The maximum atomic E-state index is 10.7. The molecule has 4 rings (SSSR count). The van der Waals surface area contributed by atoms with Crippen LogP contribution >= 0.6 is 0 Å². The second-order valence-corrected chi connectivity index (χ2v) is 5.37. The van der Waals surface area contributed by atoms with E-state index in [-0.39, 0.29) is 11.8 Å². The molecule has 0 saturated heterocycles. The quantitative estimate of drug-likeness (QED) is 0.595. The largest absolute Gasteiger partial charge is 0.494 e. The predicted molar refractivity (Wildman–Crippen MR) is 88.5 cm³/mol. The van der Waals surface area contributed by atoms with E-state index in [1.165, 1.54) is 4.57 Å². The molecule has 5 heteroatoms. The molecule has 0 aliphatic rings. The van der Waals surface area contributed by atoms with Crippen LogP contribution in [0.3, 0.4) is 0 Å². The predicted octanol–water partition coefficient (Wildman–Crippen LogP) is 3.54. The topological polar surface area (TPSA) is 63.2 Å². The summed E-state index contributed by atoms with van der Waals surface area (Å²) in [5.74, 6) is 0.688. The molecule has 0 radical (unpaired) electrons. The summed E-state index contributed by atoms with van der Waals surface area (Å²) in [6.07, 6.45) is 0. The van der Waals surface area contributed by atoms with Crippen molar-refractivity contribution in [3.63, 3.8) is 0 Å². The normalized spacial score (nSPS) is 11.2. The highest BCUT2D eigenvalue weighted by atomic mass is 16.3. The van der Waals surface area contributed by atoms with E-state index in [4.69, 9.17) is 0 Å². The average molecular weight is 305 g/mol. The molecule has 0 spiro atoms. The van der Waals surface area contributed by atoms with Gasteiger partial charge in [-0.1, -0.05) is 30.3 Å². The van der Waals surface area contributed by atoms with Crippen LogP contribution in [0.4, 0.5) is 0 Å². The van der Waals surface area contributed by atoms with Gasteiger partial charge < -0.3 is 10.2 Å². The van der Waals surface area contributed by atoms with E-state index in [0.29, 0.717) is 11.4 Å². The average Bonchev–Trinajstić information content (AvgIpc) is 3.03. The van der Waals surface area contributed by atoms with Gasteiger partial charge in [-0.15, -0.1) is 0 Å². The number of aromatic hydroxyl groups is 2. The van der Waals surface area contributed by atoms with Crippen LogP contribution in [-0.2, 0) is 0 Å². The van der Waals surface area contributed by atoms with Gasteiger partial charge in [-0.2, -0.15) is 0 Å². The summed E-state index contributed by atoms with van der Waals surface area (Å²) < 4.78 is 3.24. The molecule has 0 atom stereocenters.